The van der Waals surface area contributed by atoms with Crippen LogP contribution in [0.1, 0.15) is 26.2 Å². The molecule has 6 atom stereocenters. The third-order valence-electron chi connectivity index (χ3n) is 7.84. The Balaban J connectivity index is 1.74. The number of amides is 2. The van der Waals surface area contributed by atoms with Gasteiger partial charge in [-0.05, 0) is 49.4 Å². The van der Waals surface area contributed by atoms with Gasteiger partial charge in [-0.25, -0.2) is 0 Å². The van der Waals surface area contributed by atoms with E-state index in [4.69, 9.17) is 9.47 Å². The molecule has 4 rings (SSSR count). The van der Waals surface area contributed by atoms with Crippen LogP contribution >= 0.6 is 11.8 Å². The van der Waals surface area contributed by atoms with Gasteiger partial charge in [0, 0.05) is 30.6 Å². The van der Waals surface area contributed by atoms with E-state index in [-0.39, 0.29) is 55.3 Å². The second-order valence-electron chi connectivity index (χ2n) is 9.84. The molecule has 3 aliphatic heterocycles. The van der Waals surface area contributed by atoms with Gasteiger partial charge in [0.2, 0.25) is 5.91 Å². The molecule has 3 saturated heterocycles. The summed E-state index contributed by atoms with van der Waals surface area (Å²) in [5.41, 5.74) is 0.672. The second-order valence-corrected chi connectivity index (χ2v) is 11.4. The number of aliphatic hydroxyl groups is 1. The van der Waals surface area contributed by atoms with Crippen molar-refractivity contribution in [1.29, 1.82) is 0 Å². The second kappa shape index (κ2) is 11.3. The summed E-state index contributed by atoms with van der Waals surface area (Å²) >= 11 is 1.61. The van der Waals surface area contributed by atoms with Crippen molar-refractivity contribution in [2.24, 2.45) is 17.8 Å². The predicted octanol–water partition coefficient (Wildman–Crippen LogP) is 3.05. The van der Waals surface area contributed by atoms with E-state index in [2.05, 4.69) is 20.1 Å². The largest absolute Gasteiger partial charge is 0.497 e. The first-order valence-corrected chi connectivity index (χ1v) is 13.7. The summed E-state index contributed by atoms with van der Waals surface area (Å²) < 4.78 is 10.1. The Bertz CT molecular complexity index is 1050. The van der Waals surface area contributed by atoms with Gasteiger partial charge in [0.25, 0.3) is 5.91 Å². The van der Waals surface area contributed by atoms with Gasteiger partial charge in [-0.1, -0.05) is 19.1 Å². The number of ether oxygens (including phenoxy) is 2. The fraction of sp³-hybridized carbons (Fsp3) is 0.536. The lowest BCUT2D eigenvalue weighted by Gasteiger charge is -2.40. The summed E-state index contributed by atoms with van der Waals surface area (Å²) in [7, 11) is 1.58. The molecule has 2 bridgehead atoms. The molecule has 37 heavy (non-hydrogen) atoms. The van der Waals surface area contributed by atoms with E-state index in [1.165, 1.54) is 0 Å². The van der Waals surface area contributed by atoms with Crippen LogP contribution in [-0.4, -0.2) is 77.2 Å². The van der Waals surface area contributed by atoms with Gasteiger partial charge in [0.05, 0.1) is 30.3 Å². The average molecular weight is 529 g/mol. The number of rotatable bonds is 12. The molecule has 8 nitrogen and oxygen atoms in total. The van der Waals surface area contributed by atoms with Crippen LogP contribution in [0.2, 0.25) is 0 Å². The van der Waals surface area contributed by atoms with Crippen molar-refractivity contribution in [3.05, 3.63) is 49.6 Å². The lowest BCUT2D eigenvalue weighted by atomic mass is 9.66. The first-order valence-electron chi connectivity index (χ1n) is 12.8. The number of thioether (sulfide) groups is 1. The zero-order valence-electron chi connectivity index (χ0n) is 21.5. The van der Waals surface area contributed by atoms with Gasteiger partial charge in [0.15, 0.2) is 0 Å². The summed E-state index contributed by atoms with van der Waals surface area (Å²) in [4.78, 5) is 44.9. The van der Waals surface area contributed by atoms with E-state index in [0.29, 0.717) is 24.3 Å². The minimum Gasteiger partial charge on any atom is -0.497 e. The van der Waals surface area contributed by atoms with Crippen molar-refractivity contribution in [3.8, 4) is 5.75 Å². The highest BCUT2D eigenvalue weighted by Gasteiger charge is 2.76. The molecule has 1 aromatic carbocycles. The Morgan fingerprint density at radius 3 is 2.62 bits per heavy atom. The van der Waals surface area contributed by atoms with Crippen molar-refractivity contribution in [1.82, 2.24) is 4.90 Å². The smallest absolute Gasteiger partial charge is 0.310 e. The summed E-state index contributed by atoms with van der Waals surface area (Å²) in [5.74, 6) is -1.31. The van der Waals surface area contributed by atoms with E-state index in [0.717, 1.165) is 6.42 Å². The highest BCUT2D eigenvalue weighted by molar-refractivity contribution is 8.02. The normalized spacial score (nSPS) is 29.6. The first-order chi connectivity index (χ1) is 17.8. The molecule has 2 amide bonds. The number of nitrogens with zero attached hydrogens (tertiary/aromatic N) is 2. The maximum atomic E-state index is 14.4. The minimum absolute atomic E-state index is 0.0446. The van der Waals surface area contributed by atoms with Crippen molar-refractivity contribution in [3.63, 3.8) is 0 Å². The van der Waals surface area contributed by atoms with Crippen molar-refractivity contribution in [2.45, 2.75) is 42.2 Å². The number of likely N-dealkylation sites (tertiary alicyclic amines) is 1. The van der Waals surface area contributed by atoms with Gasteiger partial charge < -0.3 is 24.4 Å². The molecule has 1 N–H and O–H groups in total. The van der Waals surface area contributed by atoms with E-state index in [1.54, 1.807) is 53.0 Å². The Labute approximate surface area is 222 Å². The zero-order valence-corrected chi connectivity index (χ0v) is 22.3. The van der Waals surface area contributed by atoms with Crippen LogP contribution in [0.5, 0.6) is 5.75 Å². The summed E-state index contributed by atoms with van der Waals surface area (Å²) in [6, 6.07) is 6.43. The van der Waals surface area contributed by atoms with Crippen LogP contribution in [0, 0.1) is 17.8 Å². The fourth-order valence-corrected chi connectivity index (χ4v) is 8.65. The van der Waals surface area contributed by atoms with E-state index >= 15 is 0 Å². The Morgan fingerprint density at radius 2 is 2.00 bits per heavy atom. The lowest BCUT2D eigenvalue weighted by Crippen LogP contribution is -2.57. The molecule has 0 saturated carbocycles. The maximum Gasteiger partial charge on any atom is 0.310 e. The van der Waals surface area contributed by atoms with Crippen molar-refractivity contribution in [2.75, 3.05) is 38.3 Å². The van der Waals surface area contributed by atoms with Crippen LogP contribution in [-0.2, 0) is 19.1 Å². The molecular weight excluding hydrogens is 492 g/mol. The summed E-state index contributed by atoms with van der Waals surface area (Å²) in [6.07, 6.45) is 4.97. The zero-order chi connectivity index (χ0) is 26.7. The molecule has 200 valence electrons. The maximum absolute atomic E-state index is 14.4. The molecule has 1 spiro atoms. The third kappa shape index (κ3) is 4.56. The molecule has 9 heteroatoms. The molecular formula is C28H36N2O6S. The number of methoxy groups -OCH3 is 1. The highest BCUT2D eigenvalue weighted by Crippen LogP contribution is 2.68. The van der Waals surface area contributed by atoms with E-state index < -0.39 is 22.6 Å². The van der Waals surface area contributed by atoms with Gasteiger partial charge in [-0.2, -0.15) is 0 Å². The molecule has 3 fully saturated rings. The molecule has 3 heterocycles. The number of carbonyl (C=O) groups is 3. The molecule has 3 unspecified atom stereocenters. The minimum atomic E-state index is -0.769. The average Bonchev–Trinajstić information content (AvgIpc) is 3.49. The van der Waals surface area contributed by atoms with Gasteiger partial charge >= 0.3 is 5.97 Å². The van der Waals surface area contributed by atoms with Crippen LogP contribution in [0.4, 0.5) is 5.69 Å². The number of hydrogen-bond acceptors (Lipinski definition) is 7. The Morgan fingerprint density at radius 1 is 1.27 bits per heavy atom. The van der Waals surface area contributed by atoms with Gasteiger partial charge in [-0.15, -0.1) is 24.9 Å². The SMILES string of the molecule is C=CCCOC(=O)[C@@H]1[C@H]2C(=O)N(CCCO)C(C(=O)N(CC=C)c3ccc(OC)cc3)C23S[C@@H]1CC3C. The monoisotopic (exact) mass is 528 g/mol. The van der Waals surface area contributed by atoms with Crippen LogP contribution in [0.15, 0.2) is 49.6 Å². The topological polar surface area (TPSA) is 96.4 Å². The molecule has 0 aromatic heterocycles. The number of esters is 1. The number of hydrogen-bond donors (Lipinski definition) is 1. The number of anilines is 1. The molecule has 1 aromatic rings. The molecule has 0 aliphatic carbocycles. The quantitative estimate of drug-likeness (QED) is 0.253. The van der Waals surface area contributed by atoms with Gasteiger partial charge in [-0.3, -0.25) is 14.4 Å². The number of carbonyl (C=O) groups excluding carboxylic acids is 3. The van der Waals surface area contributed by atoms with Gasteiger partial charge in [0.1, 0.15) is 11.8 Å². The van der Waals surface area contributed by atoms with Crippen LogP contribution < -0.4 is 9.64 Å². The highest BCUT2D eigenvalue weighted by atomic mass is 32.2. The van der Waals surface area contributed by atoms with Crippen LogP contribution in [0.25, 0.3) is 0 Å². The van der Waals surface area contributed by atoms with E-state index in [1.807, 2.05) is 12.1 Å². The predicted molar refractivity (Wildman–Crippen MR) is 143 cm³/mol. The Hall–Kier alpha value is -2.78. The summed E-state index contributed by atoms with van der Waals surface area (Å²) in [5, 5.41) is 9.48. The standard InChI is InChI=1S/C28H36N2O6S/c1-5-7-16-36-27(34)22-21-17-18(3)28(37-21)23(22)25(32)30(14-8-15-31)24(28)26(33)29(13-6-2)19-9-11-20(35-4)12-10-19/h5-6,9-12,18,21-24,31H,1-2,7-8,13-17H2,3-4H3/t18?,21-,22+,23+,24?,28?/m1/s1. The number of aliphatic hydroxyl groups excluding tert-OH is 1. The fourth-order valence-electron chi connectivity index (χ4n) is 6.25. The van der Waals surface area contributed by atoms with Crippen molar-refractivity contribution >= 4 is 35.2 Å². The van der Waals surface area contributed by atoms with Crippen molar-refractivity contribution < 1.29 is 29.0 Å². The number of benzene rings is 1. The Kier molecular flexibility index (Phi) is 8.33. The lowest BCUT2D eigenvalue weighted by molar-refractivity contribution is -0.154. The third-order valence-corrected chi connectivity index (χ3v) is 9.91. The summed E-state index contributed by atoms with van der Waals surface area (Å²) in [6.45, 7) is 10.2. The van der Waals surface area contributed by atoms with E-state index in [9.17, 15) is 19.5 Å². The first kappa shape index (κ1) is 27.3. The number of fused-ring (bicyclic) bond motifs is 1. The van der Waals surface area contributed by atoms with Crippen LogP contribution in [0.3, 0.4) is 0 Å². The molecule has 0 radical (unpaired) electrons. The molecule has 3 aliphatic rings.